The summed E-state index contributed by atoms with van der Waals surface area (Å²) in [5.74, 6) is -0.400. The molecule has 0 saturated heterocycles. The molecule has 0 radical (unpaired) electrons. The van der Waals surface area contributed by atoms with E-state index in [-0.39, 0.29) is 0 Å². The maximum atomic E-state index is 13.7. The molecule has 156 valence electrons. The Bertz CT molecular complexity index is 1400. The van der Waals surface area contributed by atoms with Crippen LogP contribution in [-0.4, -0.2) is 9.97 Å². The molecule has 0 bridgehead atoms. The minimum Gasteiger partial charge on any atom is -0.361 e. The fourth-order valence-corrected chi connectivity index (χ4v) is 4.52. The van der Waals surface area contributed by atoms with Crippen molar-refractivity contribution >= 4 is 33.4 Å². The van der Waals surface area contributed by atoms with Gasteiger partial charge in [-0.1, -0.05) is 30.3 Å². The Morgan fingerprint density at radius 3 is 1.94 bits per heavy atom. The highest BCUT2D eigenvalue weighted by Crippen LogP contribution is 2.48. The number of benzene rings is 3. The highest BCUT2D eigenvalue weighted by Gasteiger charge is 2.39. The molecule has 2 aromatic heterocycles. The second kappa shape index (κ2) is 6.89. The Kier molecular flexibility index (Phi) is 4.38. The van der Waals surface area contributed by atoms with Crippen LogP contribution in [0, 0.1) is 5.82 Å². The van der Waals surface area contributed by atoms with Crippen LogP contribution in [0.4, 0.5) is 17.6 Å². The van der Waals surface area contributed by atoms with Gasteiger partial charge in [0.15, 0.2) is 0 Å². The first-order valence-corrected chi connectivity index (χ1v) is 9.86. The van der Waals surface area contributed by atoms with Gasteiger partial charge in [0.05, 0.1) is 5.56 Å². The van der Waals surface area contributed by atoms with Crippen LogP contribution >= 0.6 is 11.6 Å². The fourth-order valence-electron chi connectivity index (χ4n) is 4.08. The molecule has 2 nitrogen and oxygen atoms in total. The van der Waals surface area contributed by atoms with Crippen molar-refractivity contribution in [2.45, 2.75) is 11.1 Å². The molecule has 7 heteroatoms. The average molecular weight is 443 g/mol. The zero-order valence-corrected chi connectivity index (χ0v) is 16.7. The van der Waals surface area contributed by atoms with Crippen molar-refractivity contribution in [2.75, 3.05) is 0 Å². The lowest BCUT2D eigenvalue weighted by molar-refractivity contribution is -0.137. The molecule has 0 aliphatic heterocycles. The number of para-hydroxylation sites is 1. The van der Waals surface area contributed by atoms with Gasteiger partial charge in [-0.3, -0.25) is 0 Å². The van der Waals surface area contributed by atoms with Gasteiger partial charge in [0.25, 0.3) is 0 Å². The zero-order chi connectivity index (χ0) is 21.8. The normalized spacial score (nSPS) is 14.2. The molecule has 5 rings (SSSR count). The first-order chi connectivity index (χ1) is 14.8. The Balaban J connectivity index is 1.80. The number of rotatable bonds is 3. The van der Waals surface area contributed by atoms with Gasteiger partial charge in [-0.15, -0.1) is 11.6 Å². The molecule has 0 aliphatic carbocycles. The summed E-state index contributed by atoms with van der Waals surface area (Å²) in [6.45, 7) is 0. The number of hydrogen-bond donors (Lipinski definition) is 2. The van der Waals surface area contributed by atoms with Crippen molar-refractivity contribution < 1.29 is 17.6 Å². The van der Waals surface area contributed by atoms with E-state index in [9.17, 15) is 17.6 Å². The average Bonchev–Trinajstić information content (AvgIpc) is 3.37. The maximum Gasteiger partial charge on any atom is 0.416 e. The summed E-state index contributed by atoms with van der Waals surface area (Å²) < 4.78 is 53.2. The third kappa shape index (κ3) is 3.10. The minimum absolute atomic E-state index is 0.400. The van der Waals surface area contributed by atoms with Crippen LogP contribution in [0.25, 0.3) is 21.8 Å². The molecule has 0 amide bonds. The number of alkyl halides is 4. The van der Waals surface area contributed by atoms with Crippen LogP contribution in [0.3, 0.4) is 0 Å². The van der Waals surface area contributed by atoms with Gasteiger partial charge in [-0.25, -0.2) is 4.39 Å². The summed E-state index contributed by atoms with van der Waals surface area (Å²) in [5, 5.41) is 1.52. The molecular formula is C24H15ClF4N2. The summed E-state index contributed by atoms with van der Waals surface area (Å²) >= 11 is 7.35. The second-order valence-electron chi connectivity index (χ2n) is 7.37. The predicted octanol–water partition coefficient (Wildman–Crippen LogP) is 7.34. The zero-order valence-electron chi connectivity index (χ0n) is 15.9. The summed E-state index contributed by atoms with van der Waals surface area (Å²) in [5.41, 5.74) is 2.42. The Morgan fingerprint density at radius 1 is 0.677 bits per heavy atom. The van der Waals surface area contributed by atoms with Crippen LogP contribution in [0.2, 0.25) is 0 Å². The van der Waals surface area contributed by atoms with E-state index in [1.807, 2.05) is 24.3 Å². The van der Waals surface area contributed by atoms with Crippen LogP contribution < -0.4 is 0 Å². The van der Waals surface area contributed by atoms with E-state index >= 15 is 0 Å². The van der Waals surface area contributed by atoms with Crippen LogP contribution in [0.5, 0.6) is 0 Å². The predicted molar refractivity (Wildman–Crippen MR) is 114 cm³/mol. The van der Waals surface area contributed by atoms with Crippen molar-refractivity contribution in [3.05, 3.63) is 107 Å². The van der Waals surface area contributed by atoms with Crippen molar-refractivity contribution in [1.29, 1.82) is 0 Å². The van der Waals surface area contributed by atoms with E-state index in [4.69, 9.17) is 11.6 Å². The number of fused-ring (bicyclic) bond motifs is 2. The molecule has 3 aromatic carbocycles. The molecule has 0 saturated carbocycles. The molecule has 0 fully saturated rings. The molecule has 2 N–H and O–H groups in total. The largest absolute Gasteiger partial charge is 0.416 e. The van der Waals surface area contributed by atoms with E-state index in [1.165, 1.54) is 24.3 Å². The Labute approximate surface area is 179 Å². The first kappa shape index (κ1) is 19.7. The molecule has 0 aliphatic rings. The van der Waals surface area contributed by atoms with Gasteiger partial charge >= 0.3 is 6.18 Å². The SMILES string of the molecule is Fc1ccc2c(C(Cl)(c3ccc(C(F)(F)F)cc3)c3c[nH]c4ccccc34)c[nH]c2c1. The van der Waals surface area contributed by atoms with Crippen LogP contribution in [0.1, 0.15) is 22.3 Å². The number of aromatic amines is 2. The third-order valence-electron chi connectivity index (χ3n) is 5.59. The van der Waals surface area contributed by atoms with Gasteiger partial charge in [0, 0.05) is 45.3 Å². The molecule has 2 heterocycles. The lowest BCUT2D eigenvalue weighted by Crippen LogP contribution is -2.22. The van der Waals surface area contributed by atoms with E-state index in [1.54, 1.807) is 18.5 Å². The molecular weight excluding hydrogens is 428 g/mol. The standard InChI is InChI=1S/C24H15ClF4N2/c25-23(14-5-7-15(8-6-14)24(27,28)29,19-12-30-21-4-2-1-3-17(19)21)20-13-31-22-11-16(26)9-10-18(20)22/h1-13,30-31H. The van der Waals surface area contributed by atoms with E-state index in [0.29, 0.717) is 27.6 Å². The van der Waals surface area contributed by atoms with E-state index < -0.39 is 22.4 Å². The number of nitrogens with one attached hydrogen (secondary N) is 2. The fraction of sp³-hybridized carbons (Fsp3) is 0.0833. The summed E-state index contributed by atoms with van der Waals surface area (Å²) in [6, 6.07) is 16.7. The van der Waals surface area contributed by atoms with Crippen molar-refractivity contribution in [1.82, 2.24) is 9.97 Å². The summed E-state index contributed by atoms with van der Waals surface area (Å²) in [7, 11) is 0. The van der Waals surface area contributed by atoms with Crippen molar-refractivity contribution in [2.24, 2.45) is 0 Å². The second-order valence-corrected chi connectivity index (χ2v) is 7.94. The highest BCUT2D eigenvalue weighted by atomic mass is 35.5. The molecule has 1 atom stereocenters. The number of H-pyrrole nitrogens is 2. The van der Waals surface area contributed by atoms with E-state index in [0.717, 1.165) is 23.0 Å². The van der Waals surface area contributed by atoms with Crippen LogP contribution in [-0.2, 0) is 11.1 Å². The molecule has 0 spiro atoms. The summed E-state index contributed by atoms with van der Waals surface area (Å²) in [4.78, 5) is 4.90. The highest BCUT2D eigenvalue weighted by molar-refractivity contribution is 6.30. The maximum absolute atomic E-state index is 13.7. The van der Waals surface area contributed by atoms with Crippen LogP contribution in [0.15, 0.2) is 79.1 Å². The van der Waals surface area contributed by atoms with Crippen molar-refractivity contribution in [3.8, 4) is 0 Å². The Morgan fingerprint density at radius 2 is 1.26 bits per heavy atom. The van der Waals surface area contributed by atoms with Gasteiger partial charge in [0.1, 0.15) is 10.7 Å². The molecule has 5 aromatic rings. The third-order valence-corrected chi connectivity index (χ3v) is 6.21. The quantitative estimate of drug-likeness (QED) is 0.216. The van der Waals surface area contributed by atoms with Gasteiger partial charge in [0.2, 0.25) is 0 Å². The van der Waals surface area contributed by atoms with Gasteiger partial charge in [-0.05, 0) is 42.0 Å². The van der Waals surface area contributed by atoms with Gasteiger partial charge in [-0.2, -0.15) is 13.2 Å². The monoisotopic (exact) mass is 442 g/mol. The lowest BCUT2D eigenvalue weighted by atomic mass is 9.83. The number of aromatic nitrogens is 2. The summed E-state index contributed by atoms with van der Waals surface area (Å²) in [6.07, 6.45) is -1.01. The minimum atomic E-state index is -4.45. The Hall–Kier alpha value is -3.25. The van der Waals surface area contributed by atoms with Gasteiger partial charge < -0.3 is 9.97 Å². The first-order valence-electron chi connectivity index (χ1n) is 9.49. The molecule has 31 heavy (non-hydrogen) atoms. The van der Waals surface area contributed by atoms with E-state index in [2.05, 4.69) is 9.97 Å². The lowest BCUT2D eigenvalue weighted by Gasteiger charge is -2.28. The number of hydrogen-bond acceptors (Lipinski definition) is 0. The topological polar surface area (TPSA) is 31.6 Å². The van der Waals surface area contributed by atoms with Crippen molar-refractivity contribution in [3.63, 3.8) is 0 Å². The molecule has 1 unspecified atom stereocenters. The smallest absolute Gasteiger partial charge is 0.361 e. The number of halogens is 5.